The average molecular weight is 242 g/mol. The van der Waals surface area contributed by atoms with Gasteiger partial charge in [-0.15, -0.1) is 0 Å². The predicted molar refractivity (Wildman–Crippen MR) is 68.8 cm³/mol. The van der Waals surface area contributed by atoms with Crippen LogP contribution in [0.3, 0.4) is 0 Å². The van der Waals surface area contributed by atoms with Crippen molar-refractivity contribution < 1.29 is 9.90 Å². The Balaban J connectivity index is 2.89. The molecule has 4 heteroatoms. The van der Waals surface area contributed by atoms with Gasteiger partial charge in [-0.05, 0) is 33.7 Å². The molecule has 1 unspecified atom stereocenters. The van der Waals surface area contributed by atoms with Gasteiger partial charge in [0.15, 0.2) is 0 Å². The zero-order valence-electron chi connectivity index (χ0n) is 11.6. The maximum atomic E-state index is 12.4. The fourth-order valence-electron chi connectivity index (χ4n) is 2.35. The van der Waals surface area contributed by atoms with Gasteiger partial charge in [0.2, 0.25) is 5.91 Å². The third-order valence-corrected chi connectivity index (χ3v) is 3.80. The van der Waals surface area contributed by atoms with E-state index in [4.69, 9.17) is 0 Å². The highest BCUT2D eigenvalue weighted by Crippen LogP contribution is 2.25. The van der Waals surface area contributed by atoms with Crippen LogP contribution in [-0.2, 0) is 4.79 Å². The number of nitrogens with zero attached hydrogens (tertiary/aromatic N) is 2. The molecule has 0 aromatic carbocycles. The molecule has 1 N–H and O–H groups in total. The first-order valence-corrected chi connectivity index (χ1v) is 6.56. The fraction of sp³-hybridized carbons (Fsp3) is 0.923. The van der Waals surface area contributed by atoms with Gasteiger partial charge in [-0.3, -0.25) is 9.69 Å². The van der Waals surface area contributed by atoms with E-state index in [9.17, 15) is 9.90 Å². The van der Waals surface area contributed by atoms with Crippen LogP contribution in [0, 0.1) is 0 Å². The van der Waals surface area contributed by atoms with Crippen molar-refractivity contribution in [3.63, 3.8) is 0 Å². The van der Waals surface area contributed by atoms with Crippen molar-refractivity contribution in [2.75, 3.05) is 26.7 Å². The van der Waals surface area contributed by atoms with Crippen LogP contribution in [0.1, 0.15) is 40.0 Å². The molecule has 1 atom stereocenters. The molecular weight excluding hydrogens is 216 g/mol. The van der Waals surface area contributed by atoms with Crippen molar-refractivity contribution in [1.29, 1.82) is 0 Å². The van der Waals surface area contributed by atoms with Crippen LogP contribution >= 0.6 is 0 Å². The number of rotatable bonds is 4. The molecular formula is C13H26N2O2. The van der Waals surface area contributed by atoms with E-state index in [1.807, 2.05) is 16.8 Å². The molecule has 1 rings (SSSR count). The van der Waals surface area contributed by atoms with E-state index in [-0.39, 0.29) is 24.1 Å². The molecule has 1 heterocycles. The number of likely N-dealkylation sites (N-methyl/N-ethyl adjacent to an activating group) is 1. The number of amides is 1. The molecule has 0 aromatic rings. The first-order valence-electron chi connectivity index (χ1n) is 6.56. The third kappa shape index (κ3) is 3.19. The molecule has 0 bridgehead atoms. The lowest BCUT2D eigenvalue weighted by atomic mass is 9.98. The highest BCUT2D eigenvalue weighted by molar-refractivity contribution is 5.83. The van der Waals surface area contributed by atoms with Gasteiger partial charge in [0.25, 0.3) is 0 Å². The second kappa shape index (κ2) is 5.83. The minimum Gasteiger partial charge on any atom is -0.394 e. The van der Waals surface area contributed by atoms with E-state index in [0.717, 1.165) is 32.4 Å². The summed E-state index contributed by atoms with van der Waals surface area (Å²) in [5.74, 6) is 0.0750. The van der Waals surface area contributed by atoms with E-state index in [2.05, 4.69) is 20.8 Å². The van der Waals surface area contributed by atoms with Crippen LogP contribution in [-0.4, -0.2) is 59.1 Å². The van der Waals surface area contributed by atoms with E-state index in [1.165, 1.54) is 0 Å². The normalized spacial score (nSPS) is 26.1. The number of unbranched alkanes of at least 4 members (excludes halogenated alkanes) is 1. The Morgan fingerprint density at radius 1 is 1.47 bits per heavy atom. The van der Waals surface area contributed by atoms with E-state index >= 15 is 0 Å². The number of hydrogen-bond donors (Lipinski definition) is 1. The molecule has 1 amide bonds. The molecule has 0 saturated carbocycles. The van der Waals surface area contributed by atoms with Crippen LogP contribution in [0.2, 0.25) is 0 Å². The second-order valence-corrected chi connectivity index (χ2v) is 5.58. The Kier molecular flexibility index (Phi) is 4.95. The summed E-state index contributed by atoms with van der Waals surface area (Å²) < 4.78 is 0. The number of carbonyl (C=O) groups excluding carboxylic acids is 1. The molecule has 100 valence electrons. The lowest BCUT2D eigenvalue weighted by molar-refractivity contribution is -0.140. The highest BCUT2D eigenvalue weighted by Gasteiger charge is 2.39. The topological polar surface area (TPSA) is 43.8 Å². The lowest BCUT2D eigenvalue weighted by Gasteiger charge is -2.38. The van der Waals surface area contributed by atoms with Gasteiger partial charge in [0, 0.05) is 18.6 Å². The minimum atomic E-state index is -0.367. The molecule has 17 heavy (non-hydrogen) atoms. The minimum absolute atomic E-state index is 0.0750. The summed E-state index contributed by atoms with van der Waals surface area (Å²) in [4.78, 5) is 16.4. The molecule has 0 aliphatic carbocycles. The molecule has 1 fully saturated rings. The summed E-state index contributed by atoms with van der Waals surface area (Å²) >= 11 is 0. The summed E-state index contributed by atoms with van der Waals surface area (Å²) in [5.41, 5.74) is -0.107. The van der Waals surface area contributed by atoms with Crippen LogP contribution in [0.4, 0.5) is 0 Å². The average Bonchev–Trinajstić information content (AvgIpc) is 2.34. The summed E-state index contributed by atoms with van der Waals surface area (Å²) in [6.07, 6.45) is 3.06. The van der Waals surface area contributed by atoms with E-state index in [1.54, 1.807) is 0 Å². The molecule has 1 aliphatic rings. The standard InChI is InChI=1S/C13H26N2O2/c1-5-6-8-15-12(17)11(10-16)14(4)9-7-13(15,2)3/h11,16H,5-10H2,1-4H3. The van der Waals surface area contributed by atoms with Gasteiger partial charge in [0.05, 0.1) is 6.61 Å². The summed E-state index contributed by atoms with van der Waals surface area (Å²) in [7, 11) is 1.91. The summed E-state index contributed by atoms with van der Waals surface area (Å²) in [6, 6.07) is -0.367. The van der Waals surface area contributed by atoms with Crippen molar-refractivity contribution in [2.24, 2.45) is 0 Å². The van der Waals surface area contributed by atoms with Crippen LogP contribution in [0.25, 0.3) is 0 Å². The lowest BCUT2D eigenvalue weighted by Crippen LogP contribution is -2.52. The van der Waals surface area contributed by atoms with Gasteiger partial charge in [0.1, 0.15) is 6.04 Å². The Hall–Kier alpha value is -0.610. The largest absolute Gasteiger partial charge is 0.394 e. The maximum absolute atomic E-state index is 12.4. The molecule has 1 aliphatic heterocycles. The van der Waals surface area contributed by atoms with Gasteiger partial charge in [-0.1, -0.05) is 13.3 Å². The van der Waals surface area contributed by atoms with Crippen LogP contribution < -0.4 is 0 Å². The maximum Gasteiger partial charge on any atom is 0.242 e. The molecule has 0 spiro atoms. The summed E-state index contributed by atoms with van der Waals surface area (Å²) in [6.45, 7) is 7.93. The SMILES string of the molecule is CCCCN1C(=O)C(CO)N(C)CCC1(C)C. The van der Waals surface area contributed by atoms with Crippen molar-refractivity contribution in [2.45, 2.75) is 51.6 Å². The van der Waals surface area contributed by atoms with Crippen LogP contribution in [0.15, 0.2) is 0 Å². The van der Waals surface area contributed by atoms with Crippen molar-refractivity contribution in [3.05, 3.63) is 0 Å². The zero-order valence-corrected chi connectivity index (χ0v) is 11.6. The van der Waals surface area contributed by atoms with Gasteiger partial charge in [-0.25, -0.2) is 0 Å². The number of carbonyl (C=O) groups is 1. The van der Waals surface area contributed by atoms with Gasteiger partial charge >= 0.3 is 0 Å². The Labute approximate surface area is 105 Å². The van der Waals surface area contributed by atoms with Crippen LogP contribution in [0.5, 0.6) is 0 Å². The van der Waals surface area contributed by atoms with Crippen molar-refractivity contribution >= 4 is 5.91 Å². The monoisotopic (exact) mass is 242 g/mol. The second-order valence-electron chi connectivity index (χ2n) is 5.58. The quantitative estimate of drug-likeness (QED) is 0.802. The van der Waals surface area contributed by atoms with E-state index in [0.29, 0.717) is 0 Å². The van der Waals surface area contributed by atoms with Crippen molar-refractivity contribution in [1.82, 2.24) is 9.80 Å². The fourth-order valence-corrected chi connectivity index (χ4v) is 2.35. The molecule has 1 saturated heterocycles. The Morgan fingerprint density at radius 2 is 2.12 bits per heavy atom. The van der Waals surface area contributed by atoms with Crippen molar-refractivity contribution in [3.8, 4) is 0 Å². The number of aliphatic hydroxyl groups excluding tert-OH is 1. The number of aliphatic hydroxyl groups is 1. The Morgan fingerprint density at radius 3 is 2.65 bits per heavy atom. The smallest absolute Gasteiger partial charge is 0.242 e. The highest BCUT2D eigenvalue weighted by atomic mass is 16.3. The molecule has 4 nitrogen and oxygen atoms in total. The third-order valence-electron chi connectivity index (χ3n) is 3.80. The molecule has 0 aromatic heterocycles. The summed E-state index contributed by atoms with van der Waals surface area (Å²) in [5, 5.41) is 9.38. The number of hydrogen-bond acceptors (Lipinski definition) is 3. The first kappa shape index (κ1) is 14.5. The van der Waals surface area contributed by atoms with Gasteiger partial charge in [-0.2, -0.15) is 0 Å². The van der Waals surface area contributed by atoms with E-state index < -0.39 is 0 Å². The molecule has 0 radical (unpaired) electrons. The van der Waals surface area contributed by atoms with Gasteiger partial charge < -0.3 is 10.0 Å². The Bertz CT molecular complexity index is 266. The zero-order chi connectivity index (χ0) is 13.1. The predicted octanol–water partition coefficient (Wildman–Crippen LogP) is 1.09. The first-order chi connectivity index (χ1) is 7.94.